The largest absolute Gasteiger partial charge is 0.468 e. The zero-order valence-electron chi connectivity index (χ0n) is 12.1. The second-order valence-corrected chi connectivity index (χ2v) is 4.50. The number of nitrogens with two attached hydrogens (primary N) is 2. The van der Waals surface area contributed by atoms with Gasteiger partial charge < -0.3 is 16.2 Å². The third-order valence-electron chi connectivity index (χ3n) is 3.03. The zero-order chi connectivity index (χ0) is 14.5. The lowest BCUT2D eigenvalue weighted by Gasteiger charge is -2.09. The van der Waals surface area contributed by atoms with E-state index in [0.717, 1.165) is 16.7 Å². The summed E-state index contributed by atoms with van der Waals surface area (Å²) in [6.07, 6.45) is 2.18. The second-order valence-electron chi connectivity index (χ2n) is 4.50. The predicted octanol–water partition coefficient (Wildman–Crippen LogP) is 2.22. The molecule has 22 heavy (non-hydrogen) atoms. The number of carbonyl (C=O) groups is 1. The highest BCUT2D eigenvalue weighted by Crippen LogP contribution is 2.20. The number of methoxy groups -OCH3 is 1. The highest BCUT2D eigenvalue weighted by Gasteiger charge is 2.14. The van der Waals surface area contributed by atoms with Gasteiger partial charge in [-0.05, 0) is 29.7 Å². The molecule has 5 nitrogen and oxygen atoms in total. The van der Waals surface area contributed by atoms with Crippen molar-refractivity contribution in [1.29, 1.82) is 0 Å². The average molecular weight is 344 g/mol. The van der Waals surface area contributed by atoms with Crippen molar-refractivity contribution in [3.05, 3.63) is 48.2 Å². The maximum Gasteiger partial charge on any atom is 0.322 e. The number of nitrogens with zero attached hydrogens (tertiary/aromatic N) is 1. The van der Waals surface area contributed by atoms with E-state index >= 15 is 0 Å². The van der Waals surface area contributed by atoms with E-state index in [4.69, 9.17) is 11.5 Å². The minimum atomic E-state index is -0.635. The Balaban J connectivity index is 0.00000220. The molecule has 1 heterocycles. The molecule has 120 valence electrons. The zero-order valence-corrected chi connectivity index (χ0v) is 13.7. The summed E-state index contributed by atoms with van der Waals surface area (Å²) in [6, 6.07) is 10.8. The topological polar surface area (TPSA) is 91.2 Å². The third kappa shape index (κ3) is 5.18. The molecule has 4 N–H and O–H groups in total. The Bertz CT molecular complexity index is 589. The number of halogens is 2. The second kappa shape index (κ2) is 9.25. The van der Waals surface area contributed by atoms with Crippen LogP contribution in [0.2, 0.25) is 0 Å². The minimum absolute atomic E-state index is 0. The van der Waals surface area contributed by atoms with Crippen LogP contribution in [0.1, 0.15) is 5.56 Å². The van der Waals surface area contributed by atoms with Crippen LogP contribution in [0.4, 0.5) is 5.82 Å². The van der Waals surface area contributed by atoms with Crippen LogP contribution in [0.15, 0.2) is 42.6 Å². The SMILES string of the molecule is COC(=O)[C@@H](N)Cc1ccc(-c2ccc(N)nc2)cc1.Cl.Cl. The van der Waals surface area contributed by atoms with E-state index < -0.39 is 12.0 Å². The van der Waals surface area contributed by atoms with E-state index in [1.165, 1.54) is 7.11 Å². The summed E-state index contributed by atoms with van der Waals surface area (Å²) in [5.74, 6) is 0.0891. The number of benzene rings is 1. The van der Waals surface area contributed by atoms with Gasteiger partial charge in [-0.15, -0.1) is 24.8 Å². The first-order chi connectivity index (χ1) is 9.60. The summed E-state index contributed by atoms with van der Waals surface area (Å²) in [7, 11) is 1.33. The summed E-state index contributed by atoms with van der Waals surface area (Å²) in [5, 5.41) is 0. The van der Waals surface area contributed by atoms with Crippen LogP contribution in [0.25, 0.3) is 11.1 Å². The normalized spacial score (nSPS) is 10.8. The highest BCUT2D eigenvalue weighted by molar-refractivity contribution is 5.85. The molecule has 0 saturated heterocycles. The monoisotopic (exact) mass is 343 g/mol. The van der Waals surface area contributed by atoms with Crippen LogP contribution in [-0.4, -0.2) is 24.1 Å². The summed E-state index contributed by atoms with van der Waals surface area (Å²) in [5.41, 5.74) is 14.3. The van der Waals surface area contributed by atoms with Crippen molar-refractivity contribution in [2.75, 3.05) is 12.8 Å². The lowest BCUT2D eigenvalue weighted by atomic mass is 10.0. The lowest BCUT2D eigenvalue weighted by molar-refractivity contribution is -0.142. The molecule has 1 aromatic heterocycles. The molecule has 2 aromatic rings. The van der Waals surface area contributed by atoms with E-state index in [9.17, 15) is 4.79 Å². The number of esters is 1. The first-order valence-electron chi connectivity index (χ1n) is 6.24. The molecule has 0 spiro atoms. The Kier molecular flexibility index (Phi) is 8.48. The fraction of sp³-hybridized carbons (Fsp3) is 0.200. The number of nitrogen functional groups attached to an aromatic ring is 1. The van der Waals surface area contributed by atoms with E-state index in [1.54, 1.807) is 12.3 Å². The van der Waals surface area contributed by atoms with Gasteiger partial charge in [0.25, 0.3) is 0 Å². The molecule has 0 fully saturated rings. The molecule has 7 heteroatoms. The molecule has 0 aliphatic heterocycles. The van der Waals surface area contributed by atoms with Gasteiger partial charge in [-0.2, -0.15) is 0 Å². The molecule has 0 radical (unpaired) electrons. The predicted molar refractivity (Wildman–Crippen MR) is 92.3 cm³/mol. The Labute approximate surface area is 141 Å². The van der Waals surface area contributed by atoms with Gasteiger partial charge >= 0.3 is 5.97 Å². The van der Waals surface area contributed by atoms with Gasteiger partial charge in [-0.3, -0.25) is 4.79 Å². The van der Waals surface area contributed by atoms with Crippen molar-refractivity contribution < 1.29 is 9.53 Å². The van der Waals surface area contributed by atoms with Crippen LogP contribution < -0.4 is 11.5 Å². The maximum atomic E-state index is 11.3. The molecule has 0 bridgehead atoms. The van der Waals surface area contributed by atoms with Crippen molar-refractivity contribution in [2.24, 2.45) is 5.73 Å². The molecule has 0 amide bonds. The minimum Gasteiger partial charge on any atom is -0.468 e. The number of rotatable bonds is 4. The highest BCUT2D eigenvalue weighted by atomic mass is 35.5. The van der Waals surface area contributed by atoms with Gasteiger partial charge in [-0.1, -0.05) is 24.3 Å². The molecule has 0 saturated carbocycles. The average Bonchev–Trinajstić information content (AvgIpc) is 2.48. The first-order valence-corrected chi connectivity index (χ1v) is 6.24. The van der Waals surface area contributed by atoms with Gasteiger partial charge in [0.05, 0.1) is 7.11 Å². The summed E-state index contributed by atoms with van der Waals surface area (Å²) < 4.78 is 4.60. The van der Waals surface area contributed by atoms with Crippen molar-refractivity contribution in [2.45, 2.75) is 12.5 Å². The van der Waals surface area contributed by atoms with E-state index in [0.29, 0.717) is 12.2 Å². The lowest BCUT2D eigenvalue weighted by Crippen LogP contribution is -2.33. The quantitative estimate of drug-likeness (QED) is 0.830. The fourth-order valence-electron chi connectivity index (χ4n) is 1.90. The number of carbonyl (C=O) groups excluding carboxylic acids is 1. The Hall–Kier alpha value is -1.82. The number of ether oxygens (including phenoxy) is 1. The van der Waals surface area contributed by atoms with Gasteiger partial charge in [0.15, 0.2) is 0 Å². The molecule has 2 rings (SSSR count). The van der Waals surface area contributed by atoms with Crippen LogP contribution in [0, 0.1) is 0 Å². The van der Waals surface area contributed by atoms with E-state index in [2.05, 4.69) is 9.72 Å². The van der Waals surface area contributed by atoms with Crippen molar-refractivity contribution in [3.63, 3.8) is 0 Å². The smallest absolute Gasteiger partial charge is 0.322 e. The van der Waals surface area contributed by atoms with Crippen LogP contribution in [-0.2, 0) is 16.0 Å². The molecule has 0 aliphatic carbocycles. The molecule has 0 aliphatic rings. The van der Waals surface area contributed by atoms with Gasteiger partial charge in [-0.25, -0.2) is 4.98 Å². The summed E-state index contributed by atoms with van der Waals surface area (Å²) >= 11 is 0. The van der Waals surface area contributed by atoms with Gasteiger partial charge in [0.1, 0.15) is 11.9 Å². The Morgan fingerprint density at radius 1 is 1.14 bits per heavy atom. The van der Waals surface area contributed by atoms with E-state index in [1.807, 2.05) is 30.3 Å². The number of hydrogen-bond acceptors (Lipinski definition) is 5. The van der Waals surface area contributed by atoms with E-state index in [-0.39, 0.29) is 24.8 Å². The maximum absolute atomic E-state index is 11.3. The standard InChI is InChI=1S/C15H17N3O2.2ClH/c1-20-15(19)13(16)8-10-2-4-11(5-3-10)12-6-7-14(17)18-9-12;;/h2-7,9,13H,8,16H2,1H3,(H2,17,18);2*1H/t13-;;/m0../s1. The Morgan fingerprint density at radius 3 is 2.23 bits per heavy atom. The fourth-order valence-corrected chi connectivity index (χ4v) is 1.90. The van der Waals surface area contributed by atoms with Crippen LogP contribution in [0.3, 0.4) is 0 Å². The number of aromatic nitrogens is 1. The van der Waals surface area contributed by atoms with Crippen molar-refractivity contribution in [3.8, 4) is 11.1 Å². The molecule has 1 aromatic carbocycles. The first kappa shape index (κ1) is 20.2. The summed E-state index contributed by atoms with van der Waals surface area (Å²) in [6.45, 7) is 0. The molecular weight excluding hydrogens is 325 g/mol. The number of anilines is 1. The van der Waals surface area contributed by atoms with Crippen molar-refractivity contribution in [1.82, 2.24) is 4.98 Å². The molecule has 1 atom stereocenters. The van der Waals surface area contributed by atoms with Gasteiger partial charge in [0, 0.05) is 11.8 Å². The Morgan fingerprint density at radius 2 is 1.73 bits per heavy atom. The number of hydrogen-bond donors (Lipinski definition) is 2. The van der Waals surface area contributed by atoms with Gasteiger partial charge in [0.2, 0.25) is 0 Å². The van der Waals surface area contributed by atoms with Crippen LogP contribution >= 0.6 is 24.8 Å². The van der Waals surface area contributed by atoms with Crippen molar-refractivity contribution >= 4 is 36.6 Å². The summed E-state index contributed by atoms with van der Waals surface area (Å²) in [4.78, 5) is 15.3. The number of pyridine rings is 1. The third-order valence-corrected chi connectivity index (χ3v) is 3.03. The molecule has 0 unspecified atom stereocenters. The molecular formula is C15H19Cl2N3O2. The van der Waals surface area contributed by atoms with Crippen LogP contribution in [0.5, 0.6) is 0 Å².